The van der Waals surface area contributed by atoms with Gasteiger partial charge in [0, 0.05) is 5.56 Å². The minimum atomic E-state index is 0.215. The van der Waals surface area contributed by atoms with Gasteiger partial charge in [-0.25, -0.2) is 0 Å². The third-order valence-electron chi connectivity index (χ3n) is 1.16. The van der Waals surface area contributed by atoms with Crippen molar-refractivity contribution in [2.75, 3.05) is 5.73 Å². The summed E-state index contributed by atoms with van der Waals surface area (Å²) >= 11 is 0. The molecule has 1 heterocycles. The van der Waals surface area contributed by atoms with Gasteiger partial charge in [-0.15, -0.1) is 0 Å². The molecule has 0 aromatic carbocycles. The Morgan fingerprint density at radius 3 is 2.67 bits per heavy atom. The lowest BCUT2D eigenvalue weighted by atomic mass is 10.3. The van der Waals surface area contributed by atoms with Gasteiger partial charge in [-0.2, -0.15) is 0 Å². The fourth-order valence-corrected chi connectivity index (χ4v) is 0.564. The second-order valence-electron chi connectivity index (χ2n) is 1.81. The maximum absolute atomic E-state index is 10.1. The van der Waals surface area contributed by atoms with Gasteiger partial charge in [-0.3, -0.25) is 4.79 Å². The molecule has 0 aliphatic heterocycles. The van der Waals surface area contributed by atoms with Crippen LogP contribution in [0.4, 0.5) is 5.69 Å². The first-order chi connectivity index (χ1) is 4.25. The van der Waals surface area contributed by atoms with E-state index < -0.39 is 0 Å². The number of anilines is 1. The predicted octanol–water partition coefficient (Wildman–Crippen LogP) is 0.983. The van der Waals surface area contributed by atoms with E-state index in [9.17, 15) is 4.79 Å². The molecule has 0 saturated heterocycles. The lowest BCUT2D eigenvalue weighted by Gasteiger charge is -1.84. The van der Waals surface area contributed by atoms with Crippen LogP contribution in [0, 0.1) is 6.92 Å². The SMILES string of the molecule is Cc1coc(C=O)c1N. The van der Waals surface area contributed by atoms with E-state index in [1.165, 1.54) is 6.26 Å². The van der Waals surface area contributed by atoms with Gasteiger partial charge in [-0.1, -0.05) is 0 Å². The Bertz CT molecular complexity index is 227. The minimum Gasteiger partial charge on any atom is -0.459 e. The molecule has 0 radical (unpaired) electrons. The number of aldehydes is 1. The Labute approximate surface area is 52.5 Å². The number of carbonyl (C=O) groups is 1. The highest BCUT2D eigenvalue weighted by Gasteiger charge is 2.03. The zero-order valence-electron chi connectivity index (χ0n) is 5.05. The fourth-order valence-electron chi connectivity index (χ4n) is 0.564. The van der Waals surface area contributed by atoms with Crippen molar-refractivity contribution in [3.63, 3.8) is 0 Å². The second kappa shape index (κ2) is 1.93. The average molecular weight is 125 g/mol. The number of nitrogens with two attached hydrogens (primary N) is 1. The zero-order chi connectivity index (χ0) is 6.85. The van der Waals surface area contributed by atoms with Crippen molar-refractivity contribution in [3.8, 4) is 0 Å². The van der Waals surface area contributed by atoms with Crippen LogP contribution in [0.2, 0.25) is 0 Å². The smallest absolute Gasteiger partial charge is 0.189 e. The van der Waals surface area contributed by atoms with Crippen LogP contribution in [0.5, 0.6) is 0 Å². The van der Waals surface area contributed by atoms with Gasteiger partial charge in [0.2, 0.25) is 0 Å². The number of rotatable bonds is 1. The Morgan fingerprint density at radius 2 is 2.44 bits per heavy atom. The zero-order valence-corrected chi connectivity index (χ0v) is 5.05. The molecule has 3 nitrogen and oxygen atoms in total. The Balaban J connectivity index is 3.18. The standard InChI is InChI=1S/C6H7NO2/c1-4-3-9-5(2-8)6(4)7/h2-3H,7H2,1H3. The van der Waals surface area contributed by atoms with E-state index >= 15 is 0 Å². The summed E-state index contributed by atoms with van der Waals surface area (Å²) in [6.07, 6.45) is 2.06. The Morgan fingerprint density at radius 1 is 1.78 bits per heavy atom. The van der Waals surface area contributed by atoms with Crippen LogP contribution in [0.15, 0.2) is 10.7 Å². The molecule has 0 amide bonds. The van der Waals surface area contributed by atoms with Crippen molar-refractivity contribution in [2.45, 2.75) is 6.92 Å². The van der Waals surface area contributed by atoms with Gasteiger partial charge in [0.25, 0.3) is 0 Å². The lowest BCUT2D eigenvalue weighted by Crippen LogP contribution is -1.88. The van der Waals surface area contributed by atoms with Gasteiger partial charge < -0.3 is 10.2 Å². The van der Waals surface area contributed by atoms with Crippen LogP contribution in [0.25, 0.3) is 0 Å². The predicted molar refractivity (Wildman–Crippen MR) is 33.2 cm³/mol. The highest BCUT2D eigenvalue weighted by atomic mass is 16.3. The van der Waals surface area contributed by atoms with Crippen LogP contribution in [-0.4, -0.2) is 6.29 Å². The summed E-state index contributed by atoms with van der Waals surface area (Å²) in [6, 6.07) is 0. The summed E-state index contributed by atoms with van der Waals surface area (Å²) in [5, 5.41) is 0. The van der Waals surface area contributed by atoms with Crippen molar-refractivity contribution in [1.82, 2.24) is 0 Å². The maximum atomic E-state index is 10.1. The number of nitrogen functional groups attached to an aromatic ring is 1. The topological polar surface area (TPSA) is 56.2 Å². The molecule has 0 aliphatic rings. The molecular weight excluding hydrogens is 118 g/mol. The maximum Gasteiger partial charge on any atom is 0.189 e. The average Bonchev–Trinajstić information content (AvgIpc) is 2.15. The molecule has 0 spiro atoms. The van der Waals surface area contributed by atoms with E-state index in [-0.39, 0.29) is 5.76 Å². The lowest BCUT2D eigenvalue weighted by molar-refractivity contribution is 0.110. The minimum absolute atomic E-state index is 0.215. The third-order valence-corrected chi connectivity index (χ3v) is 1.16. The quantitative estimate of drug-likeness (QED) is 0.569. The summed E-state index contributed by atoms with van der Waals surface area (Å²) in [6.45, 7) is 1.78. The molecule has 1 rings (SSSR count). The van der Waals surface area contributed by atoms with Crippen LogP contribution < -0.4 is 5.73 Å². The third kappa shape index (κ3) is 0.806. The van der Waals surface area contributed by atoms with E-state index in [0.29, 0.717) is 12.0 Å². The highest BCUT2D eigenvalue weighted by Crippen LogP contribution is 2.15. The normalized spacial score (nSPS) is 9.44. The van der Waals surface area contributed by atoms with Crippen LogP contribution in [0.3, 0.4) is 0 Å². The highest BCUT2D eigenvalue weighted by molar-refractivity contribution is 5.80. The van der Waals surface area contributed by atoms with E-state index in [2.05, 4.69) is 0 Å². The summed E-state index contributed by atoms with van der Waals surface area (Å²) in [7, 11) is 0. The first-order valence-electron chi connectivity index (χ1n) is 2.54. The van der Waals surface area contributed by atoms with E-state index in [4.69, 9.17) is 10.2 Å². The molecule has 1 aromatic heterocycles. The largest absolute Gasteiger partial charge is 0.459 e. The summed E-state index contributed by atoms with van der Waals surface area (Å²) < 4.78 is 4.75. The van der Waals surface area contributed by atoms with Crippen molar-refractivity contribution in [1.29, 1.82) is 0 Å². The number of furan rings is 1. The van der Waals surface area contributed by atoms with Gasteiger partial charge in [0.05, 0.1) is 12.0 Å². The van der Waals surface area contributed by atoms with Gasteiger partial charge >= 0.3 is 0 Å². The van der Waals surface area contributed by atoms with E-state index in [1.807, 2.05) is 0 Å². The molecule has 0 atom stereocenters. The summed E-state index contributed by atoms with van der Waals surface area (Å²) in [5.41, 5.74) is 6.63. The molecule has 0 fully saturated rings. The molecule has 3 heteroatoms. The molecular formula is C6H7NO2. The number of hydrogen-bond donors (Lipinski definition) is 1. The first kappa shape index (κ1) is 5.88. The van der Waals surface area contributed by atoms with Crippen molar-refractivity contribution in [3.05, 3.63) is 17.6 Å². The first-order valence-corrected chi connectivity index (χ1v) is 2.54. The number of carbonyl (C=O) groups excluding carboxylic acids is 1. The fraction of sp³-hybridized carbons (Fsp3) is 0.167. The molecule has 0 saturated carbocycles. The molecule has 0 unspecified atom stereocenters. The van der Waals surface area contributed by atoms with E-state index in [1.54, 1.807) is 6.92 Å². The van der Waals surface area contributed by atoms with E-state index in [0.717, 1.165) is 5.56 Å². The number of hydrogen-bond acceptors (Lipinski definition) is 3. The molecule has 0 bridgehead atoms. The summed E-state index contributed by atoms with van der Waals surface area (Å²) in [4.78, 5) is 10.1. The van der Waals surface area contributed by atoms with Crippen LogP contribution in [-0.2, 0) is 0 Å². The van der Waals surface area contributed by atoms with Gasteiger partial charge in [-0.05, 0) is 6.92 Å². The molecule has 1 aromatic rings. The Hall–Kier alpha value is -1.25. The summed E-state index contributed by atoms with van der Waals surface area (Å²) in [5.74, 6) is 0.215. The number of aryl methyl sites for hydroxylation is 1. The van der Waals surface area contributed by atoms with Crippen LogP contribution >= 0.6 is 0 Å². The van der Waals surface area contributed by atoms with Gasteiger partial charge in [0.15, 0.2) is 12.0 Å². The van der Waals surface area contributed by atoms with Crippen molar-refractivity contribution in [2.24, 2.45) is 0 Å². The van der Waals surface area contributed by atoms with Gasteiger partial charge in [0.1, 0.15) is 0 Å². The Kier molecular flexibility index (Phi) is 1.26. The molecule has 0 aliphatic carbocycles. The molecule has 9 heavy (non-hydrogen) atoms. The van der Waals surface area contributed by atoms with Crippen LogP contribution in [0.1, 0.15) is 16.1 Å². The second-order valence-corrected chi connectivity index (χ2v) is 1.81. The molecule has 2 N–H and O–H groups in total. The van der Waals surface area contributed by atoms with Crippen molar-refractivity contribution >= 4 is 12.0 Å². The molecule has 48 valence electrons. The van der Waals surface area contributed by atoms with Crippen molar-refractivity contribution < 1.29 is 9.21 Å². The monoisotopic (exact) mass is 125 g/mol.